The van der Waals surface area contributed by atoms with Gasteiger partial charge in [-0.05, 0) is 13.0 Å². The van der Waals surface area contributed by atoms with E-state index in [-0.39, 0.29) is 6.61 Å². The Kier molecular flexibility index (Phi) is 3.19. The van der Waals surface area contributed by atoms with E-state index in [0.29, 0.717) is 5.56 Å². The molecule has 0 unspecified atom stereocenters. The molecule has 0 bridgehead atoms. The maximum Gasteiger partial charge on any atom is 0.340 e. The van der Waals surface area contributed by atoms with Gasteiger partial charge in [-0.1, -0.05) is 0 Å². The Balaban J connectivity index is 1.82. The molecule has 0 aliphatic carbocycles. The first-order valence-electron chi connectivity index (χ1n) is 5.99. The van der Waals surface area contributed by atoms with Crippen LogP contribution < -0.4 is 0 Å². The van der Waals surface area contributed by atoms with Crippen LogP contribution in [-0.4, -0.2) is 25.7 Å². The number of hydrogen-bond acceptors (Lipinski definition) is 6. The van der Waals surface area contributed by atoms with E-state index in [1.165, 1.54) is 17.5 Å². The van der Waals surface area contributed by atoms with E-state index >= 15 is 0 Å². The molecule has 0 amide bonds. The molecule has 7 heteroatoms. The Hall–Kier alpha value is -2.28. The fourth-order valence-electron chi connectivity index (χ4n) is 1.95. The molecule has 0 spiro atoms. The number of carbonyl (C=O) groups is 1. The normalized spacial score (nSPS) is 10.9. The lowest BCUT2D eigenvalue weighted by molar-refractivity contribution is 0.0476. The van der Waals surface area contributed by atoms with Crippen LogP contribution in [0.4, 0.5) is 0 Å². The number of fused-ring (bicyclic) bond motifs is 1. The largest absolute Gasteiger partial charge is 0.456 e. The minimum Gasteiger partial charge on any atom is -0.456 e. The van der Waals surface area contributed by atoms with E-state index in [2.05, 4.69) is 15.1 Å². The summed E-state index contributed by atoms with van der Waals surface area (Å²) in [5, 5.41) is 5.13. The first-order valence-corrected chi connectivity index (χ1v) is 6.87. The van der Waals surface area contributed by atoms with E-state index in [9.17, 15) is 4.79 Å². The minimum atomic E-state index is -0.393. The number of thiazole rings is 1. The summed E-state index contributed by atoms with van der Waals surface area (Å²) in [7, 11) is 1.82. The van der Waals surface area contributed by atoms with Crippen LogP contribution in [0.15, 0.2) is 24.0 Å². The molecule has 3 aromatic heterocycles. The van der Waals surface area contributed by atoms with Gasteiger partial charge in [-0.15, -0.1) is 11.3 Å². The van der Waals surface area contributed by atoms with Crippen molar-refractivity contribution in [3.05, 3.63) is 40.1 Å². The van der Waals surface area contributed by atoms with Gasteiger partial charge < -0.3 is 4.74 Å². The number of aryl methyl sites for hydroxylation is 2. The van der Waals surface area contributed by atoms with Crippen molar-refractivity contribution in [2.45, 2.75) is 13.5 Å². The van der Waals surface area contributed by atoms with Gasteiger partial charge in [-0.3, -0.25) is 9.67 Å². The number of ether oxygens (including phenoxy) is 1. The predicted molar refractivity (Wildman–Crippen MR) is 74.5 cm³/mol. The average molecular weight is 288 g/mol. The highest BCUT2D eigenvalue weighted by Gasteiger charge is 2.13. The maximum atomic E-state index is 12.0. The van der Waals surface area contributed by atoms with Crippen LogP contribution in [0.2, 0.25) is 0 Å². The van der Waals surface area contributed by atoms with Gasteiger partial charge >= 0.3 is 5.97 Å². The van der Waals surface area contributed by atoms with Crippen molar-refractivity contribution in [2.24, 2.45) is 7.05 Å². The first kappa shape index (κ1) is 12.7. The Bertz CT molecular complexity index is 764. The minimum absolute atomic E-state index is 0.230. The highest BCUT2D eigenvalue weighted by Crippen LogP contribution is 2.17. The third kappa shape index (κ3) is 2.27. The van der Waals surface area contributed by atoms with E-state index in [1.54, 1.807) is 22.5 Å². The smallest absolute Gasteiger partial charge is 0.340 e. The molecule has 20 heavy (non-hydrogen) atoms. The van der Waals surface area contributed by atoms with Crippen LogP contribution >= 0.6 is 11.3 Å². The maximum absolute atomic E-state index is 12.0. The number of nitrogens with zero attached hydrogens (tertiary/aromatic N) is 4. The Labute approximate surface area is 119 Å². The van der Waals surface area contributed by atoms with Gasteiger partial charge in [0, 0.05) is 24.8 Å². The summed E-state index contributed by atoms with van der Waals surface area (Å²) < 4.78 is 6.92. The molecule has 0 N–H and O–H groups in total. The molecular weight excluding hydrogens is 276 g/mol. The second-order valence-corrected chi connectivity index (χ2v) is 5.32. The first-order chi connectivity index (χ1) is 9.65. The number of esters is 1. The number of pyridine rings is 1. The van der Waals surface area contributed by atoms with E-state index < -0.39 is 5.97 Å². The van der Waals surface area contributed by atoms with Crippen LogP contribution in [0, 0.1) is 6.92 Å². The molecule has 3 rings (SSSR count). The fourth-order valence-corrected chi connectivity index (χ4v) is 2.46. The van der Waals surface area contributed by atoms with Crippen molar-refractivity contribution in [1.29, 1.82) is 0 Å². The molecule has 0 aliphatic heterocycles. The monoisotopic (exact) mass is 288 g/mol. The van der Waals surface area contributed by atoms with Gasteiger partial charge in [-0.2, -0.15) is 5.10 Å². The Morgan fingerprint density at radius 1 is 1.45 bits per heavy atom. The van der Waals surface area contributed by atoms with Crippen LogP contribution in [0.1, 0.15) is 20.9 Å². The van der Waals surface area contributed by atoms with Gasteiger partial charge in [-0.25, -0.2) is 9.78 Å². The third-order valence-electron chi connectivity index (χ3n) is 2.93. The van der Waals surface area contributed by atoms with E-state index in [0.717, 1.165) is 21.6 Å². The molecular formula is C13H12N4O2S. The highest BCUT2D eigenvalue weighted by atomic mass is 32.1. The lowest BCUT2D eigenvalue weighted by Gasteiger charge is -2.03. The number of aromatic nitrogens is 4. The molecule has 102 valence electrons. The standard InChI is InChI=1S/C13H12N4O2S/c1-8-11-3-9(4-15-12(11)17(2)16-8)13(18)19-6-10-5-14-7-20-10/h3-5,7H,6H2,1-2H3. The zero-order chi connectivity index (χ0) is 14.1. The quantitative estimate of drug-likeness (QED) is 0.690. The molecule has 3 heterocycles. The Morgan fingerprint density at radius 2 is 2.30 bits per heavy atom. The van der Waals surface area contributed by atoms with Crippen molar-refractivity contribution in [3.63, 3.8) is 0 Å². The summed E-state index contributed by atoms with van der Waals surface area (Å²) in [5.74, 6) is -0.393. The number of hydrogen-bond donors (Lipinski definition) is 0. The molecule has 0 atom stereocenters. The molecule has 0 saturated carbocycles. The molecule has 6 nitrogen and oxygen atoms in total. The van der Waals surface area contributed by atoms with Gasteiger partial charge in [0.25, 0.3) is 0 Å². The van der Waals surface area contributed by atoms with Crippen LogP contribution in [-0.2, 0) is 18.4 Å². The SMILES string of the molecule is Cc1nn(C)c2ncc(C(=O)OCc3cncs3)cc12. The lowest BCUT2D eigenvalue weighted by atomic mass is 10.2. The van der Waals surface area contributed by atoms with Gasteiger partial charge in [0.05, 0.1) is 21.6 Å². The molecule has 0 aliphatic rings. The van der Waals surface area contributed by atoms with Gasteiger partial charge in [0.15, 0.2) is 5.65 Å². The number of rotatable bonds is 3. The summed E-state index contributed by atoms with van der Waals surface area (Å²) in [6.07, 6.45) is 3.20. The topological polar surface area (TPSA) is 69.9 Å². The second kappa shape index (κ2) is 5.01. The average Bonchev–Trinajstić information content (AvgIpc) is 3.05. The predicted octanol–water partition coefficient (Wildman–Crippen LogP) is 2.09. The summed E-state index contributed by atoms with van der Waals surface area (Å²) in [6.45, 7) is 2.12. The summed E-state index contributed by atoms with van der Waals surface area (Å²) >= 11 is 1.45. The van der Waals surface area contributed by atoms with Gasteiger partial charge in [0.2, 0.25) is 0 Å². The van der Waals surface area contributed by atoms with Crippen molar-refractivity contribution in [3.8, 4) is 0 Å². The number of carbonyl (C=O) groups excluding carboxylic acids is 1. The van der Waals surface area contributed by atoms with Crippen molar-refractivity contribution in [2.75, 3.05) is 0 Å². The van der Waals surface area contributed by atoms with Crippen LogP contribution in [0.3, 0.4) is 0 Å². The summed E-state index contributed by atoms with van der Waals surface area (Å²) in [5.41, 5.74) is 3.72. The highest BCUT2D eigenvalue weighted by molar-refractivity contribution is 7.09. The summed E-state index contributed by atoms with van der Waals surface area (Å²) in [6, 6.07) is 1.76. The van der Waals surface area contributed by atoms with Crippen LogP contribution in [0.25, 0.3) is 11.0 Å². The molecule has 0 fully saturated rings. The van der Waals surface area contributed by atoms with Crippen molar-refractivity contribution < 1.29 is 9.53 Å². The zero-order valence-electron chi connectivity index (χ0n) is 11.0. The zero-order valence-corrected chi connectivity index (χ0v) is 11.8. The molecule has 0 radical (unpaired) electrons. The van der Waals surface area contributed by atoms with Crippen molar-refractivity contribution in [1.82, 2.24) is 19.7 Å². The van der Waals surface area contributed by atoms with Crippen LogP contribution in [0.5, 0.6) is 0 Å². The Morgan fingerprint density at radius 3 is 3.05 bits per heavy atom. The molecule has 0 saturated heterocycles. The fraction of sp³-hybridized carbons (Fsp3) is 0.231. The third-order valence-corrected chi connectivity index (χ3v) is 3.68. The second-order valence-electron chi connectivity index (χ2n) is 4.35. The van der Waals surface area contributed by atoms with E-state index in [4.69, 9.17) is 4.74 Å². The molecule has 0 aromatic carbocycles. The van der Waals surface area contributed by atoms with Crippen molar-refractivity contribution >= 4 is 28.3 Å². The van der Waals surface area contributed by atoms with E-state index in [1.807, 2.05) is 14.0 Å². The molecule has 3 aromatic rings. The summed E-state index contributed by atoms with van der Waals surface area (Å²) in [4.78, 5) is 21.1. The lowest BCUT2D eigenvalue weighted by Crippen LogP contribution is -2.05. The van der Waals surface area contributed by atoms with Gasteiger partial charge in [0.1, 0.15) is 6.61 Å².